The zero-order valence-corrected chi connectivity index (χ0v) is 22.3. The second-order valence-electron chi connectivity index (χ2n) is 9.50. The molecule has 0 unspecified atom stereocenters. The monoisotopic (exact) mass is 571 g/mol. The summed E-state index contributed by atoms with van der Waals surface area (Å²) >= 11 is 0. The molecule has 3 atom stereocenters. The van der Waals surface area contributed by atoms with Gasteiger partial charge in [0.1, 0.15) is 17.5 Å². The zero-order chi connectivity index (χ0) is 30.2. The van der Waals surface area contributed by atoms with Gasteiger partial charge in [0.15, 0.2) is 11.6 Å². The minimum atomic E-state index is -5.15. The van der Waals surface area contributed by atoms with E-state index < -0.39 is 72.7 Å². The van der Waals surface area contributed by atoms with Gasteiger partial charge in [-0.15, -0.1) is 0 Å². The molecule has 0 aliphatic rings. The number of para-hydroxylation sites is 1. The molecule has 1 N–H and O–H groups in total. The fourth-order valence-electron chi connectivity index (χ4n) is 3.98. The molecule has 0 saturated carbocycles. The van der Waals surface area contributed by atoms with Crippen LogP contribution in [0.4, 0.5) is 22.0 Å². The van der Waals surface area contributed by atoms with E-state index in [0.717, 1.165) is 0 Å². The van der Waals surface area contributed by atoms with E-state index in [1.807, 2.05) is 0 Å². The number of nitrogens with one attached hydrogen (secondary N) is 1. The van der Waals surface area contributed by atoms with Gasteiger partial charge in [0.05, 0.1) is 12.7 Å². The number of ketones is 3. The summed E-state index contributed by atoms with van der Waals surface area (Å²) in [5.41, 5.74) is 0.0472. The van der Waals surface area contributed by atoms with Crippen LogP contribution in [0, 0.1) is 17.8 Å². The standard InChI is InChI=1S/C28H30F5NO6/c1-15(2)20(25(37)28(31,32)33)14-22(36)24(17-9-11-18(39-4)12-10-17)34-26(38)16(3)13-21(35)19-7-5-6-8-23(19)40-27(29)30/h5-12,15-16,20,24,27H,13-14H2,1-4H3,(H,34,38)/t16-,20+,24+/m1/s1. The highest BCUT2D eigenvalue weighted by molar-refractivity contribution is 6.01. The molecule has 0 fully saturated rings. The highest BCUT2D eigenvalue weighted by atomic mass is 19.4. The van der Waals surface area contributed by atoms with Crippen molar-refractivity contribution in [2.45, 2.75) is 52.4 Å². The summed E-state index contributed by atoms with van der Waals surface area (Å²) in [6.45, 7) is 0.950. The SMILES string of the molecule is COc1ccc([C@H](NC(=O)[C@H](C)CC(=O)c2ccccc2OC(F)F)C(=O)C[C@H](C(=O)C(F)(F)F)C(C)C)cc1. The van der Waals surface area contributed by atoms with Crippen molar-refractivity contribution in [1.29, 1.82) is 0 Å². The molecule has 2 rings (SSSR count). The summed E-state index contributed by atoms with van der Waals surface area (Å²) < 4.78 is 74.4. The number of hydrogen-bond donors (Lipinski definition) is 1. The van der Waals surface area contributed by atoms with Crippen LogP contribution in [0.15, 0.2) is 48.5 Å². The lowest BCUT2D eigenvalue weighted by Gasteiger charge is -2.25. The molecule has 0 heterocycles. The van der Waals surface area contributed by atoms with Crippen LogP contribution in [0.5, 0.6) is 11.5 Å². The van der Waals surface area contributed by atoms with Crippen molar-refractivity contribution in [3.8, 4) is 11.5 Å². The lowest BCUT2D eigenvalue weighted by Crippen LogP contribution is -2.40. The number of hydrogen-bond acceptors (Lipinski definition) is 6. The maximum Gasteiger partial charge on any atom is 0.450 e. The number of Topliss-reactive ketones (excluding diaryl/α,β-unsaturated/α-hetero) is 3. The molecule has 0 bridgehead atoms. The summed E-state index contributed by atoms with van der Waals surface area (Å²) in [4.78, 5) is 51.1. The third kappa shape index (κ3) is 8.85. The van der Waals surface area contributed by atoms with E-state index in [0.29, 0.717) is 5.75 Å². The van der Waals surface area contributed by atoms with E-state index in [9.17, 15) is 41.1 Å². The van der Waals surface area contributed by atoms with E-state index in [1.54, 1.807) is 0 Å². The van der Waals surface area contributed by atoms with Gasteiger partial charge in [-0.3, -0.25) is 19.2 Å². The van der Waals surface area contributed by atoms with Crippen LogP contribution in [-0.4, -0.2) is 43.2 Å². The summed E-state index contributed by atoms with van der Waals surface area (Å²) in [7, 11) is 1.40. The van der Waals surface area contributed by atoms with Crippen LogP contribution in [0.1, 0.15) is 55.6 Å². The molecule has 2 aromatic carbocycles. The molecule has 7 nitrogen and oxygen atoms in total. The van der Waals surface area contributed by atoms with Crippen molar-refractivity contribution in [1.82, 2.24) is 5.32 Å². The molecule has 0 aliphatic heterocycles. The van der Waals surface area contributed by atoms with E-state index >= 15 is 0 Å². The Morgan fingerprint density at radius 2 is 1.50 bits per heavy atom. The first-order valence-electron chi connectivity index (χ1n) is 12.3. The quantitative estimate of drug-likeness (QED) is 0.230. The number of alkyl halides is 5. The van der Waals surface area contributed by atoms with E-state index in [2.05, 4.69) is 10.1 Å². The van der Waals surface area contributed by atoms with Gasteiger partial charge in [-0.25, -0.2) is 0 Å². The molecule has 218 valence electrons. The lowest BCUT2D eigenvalue weighted by molar-refractivity contribution is -0.177. The number of methoxy groups -OCH3 is 1. The molecule has 0 spiro atoms. The first-order valence-corrected chi connectivity index (χ1v) is 12.3. The number of ether oxygens (including phenoxy) is 2. The van der Waals surface area contributed by atoms with Crippen molar-refractivity contribution < 1.29 is 50.6 Å². The summed E-state index contributed by atoms with van der Waals surface area (Å²) in [5, 5.41) is 2.47. The van der Waals surface area contributed by atoms with Crippen LogP contribution in [0.2, 0.25) is 0 Å². The third-order valence-electron chi connectivity index (χ3n) is 6.24. The Hall–Kier alpha value is -3.83. The fourth-order valence-corrected chi connectivity index (χ4v) is 3.98. The average molecular weight is 572 g/mol. The van der Waals surface area contributed by atoms with Crippen LogP contribution < -0.4 is 14.8 Å². The van der Waals surface area contributed by atoms with Gasteiger partial charge in [0, 0.05) is 24.7 Å². The van der Waals surface area contributed by atoms with Crippen LogP contribution in [0.25, 0.3) is 0 Å². The summed E-state index contributed by atoms with van der Waals surface area (Å²) in [6, 6.07) is 9.66. The Morgan fingerprint density at radius 3 is 2.02 bits per heavy atom. The Bertz CT molecular complexity index is 1200. The van der Waals surface area contributed by atoms with Crippen molar-refractivity contribution in [2.24, 2.45) is 17.8 Å². The second kappa shape index (κ2) is 14.0. The number of amides is 1. The Balaban J connectivity index is 2.29. The minimum Gasteiger partial charge on any atom is -0.497 e. The third-order valence-corrected chi connectivity index (χ3v) is 6.24. The highest BCUT2D eigenvalue weighted by Gasteiger charge is 2.45. The van der Waals surface area contributed by atoms with Gasteiger partial charge >= 0.3 is 12.8 Å². The van der Waals surface area contributed by atoms with Crippen LogP contribution in [-0.2, 0) is 14.4 Å². The highest BCUT2D eigenvalue weighted by Crippen LogP contribution is 2.31. The molecule has 0 aromatic heterocycles. The fraction of sp³-hybridized carbons (Fsp3) is 0.429. The maximum absolute atomic E-state index is 13.3. The smallest absolute Gasteiger partial charge is 0.450 e. The van der Waals surface area contributed by atoms with E-state index in [4.69, 9.17) is 4.74 Å². The van der Waals surface area contributed by atoms with E-state index in [-0.39, 0.29) is 16.9 Å². The average Bonchev–Trinajstić information content (AvgIpc) is 2.88. The molecule has 0 radical (unpaired) electrons. The molecule has 0 aliphatic carbocycles. The molecule has 12 heteroatoms. The zero-order valence-electron chi connectivity index (χ0n) is 22.3. The normalized spacial score (nSPS) is 13.9. The second-order valence-corrected chi connectivity index (χ2v) is 9.50. The molecule has 2 aromatic rings. The molecular weight excluding hydrogens is 541 g/mol. The molecule has 0 saturated heterocycles. The van der Waals surface area contributed by atoms with Gasteiger partial charge in [-0.05, 0) is 35.7 Å². The number of halogens is 5. The van der Waals surface area contributed by atoms with Crippen LogP contribution in [0.3, 0.4) is 0 Å². The topological polar surface area (TPSA) is 98.8 Å². The van der Waals surface area contributed by atoms with Crippen molar-refractivity contribution in [3.63, 3.8) is 0 Å². The number of carbonyl (C=O) groups excluding carboxylic acids is 4. The Morgan fingerprint density at radius 1 is 0.900 bits per heavy atom. The molecular formula is C28H30F5NO6. The van der Waals surface area contributed by atoms with Gasteiger partial charge in [0.25, 0.3) is 0 Å². The number of benzene rings is 2. The number of carbonyl (C=O) groups is 4. The van der Waals surface area contributed by atoms with Crippen molar-refractivity contribution >= 4 is 23.3 Å². The van der Waals surface area contributed by atoms with E-state index in [1.165, 1.54) is 76.4 Å². The number of rotatable bonds is 14. The minimum absolute atomic E-state index is 0.171. The van der Waals surface area contributed by atoms with Gasteiger partial charge in [-0.1, -0.05) is 45.0 Å². The van der Waals surface area contributed by atoms with Crippen molar-refractivity contribution in [2.75, 3.05) is 7.11 Å². The maximum atomic E-state index is 13.3. The molecule has 40 heavy (non-hydrogen) atoms. The first-order chi connectivity index (χ1) is 18.6. The Labute approximate surface area is 228 Å². The summed E-state index contributed by atoms with van der Waals surface area (Å²) in [5.74, 6) is -7.87. The molecule has 1 amide bonds. The predicted molar refractivity (Wildman–Crippen MR) is 134 cm³/mol. The van der Waals surface area contributed by atoms with Gasteiger partial charge in [-0.2, -0.15) is 22.0 Å². The Kier molecular flexibility index (Phi) is 11.3. The largest absolute Gasteiger partial charge is 0.497 e. The van der Waals surface area contributed by atoms with Crippen molar-refractivity contribution in [3.05, 3.63) is 59.7 Å². The first kappa shape index (κ1) is 32.4. The lowest BCUT2D eigenvalue weighted by atomic mass is 9.84. The van der Waals surface area contributed by atoms with Gasteiger partial charge in [0.2, 0.25) is 11.7 Å². The van der Waals surface area contributed by atoms with Crippen LogP contribution >= 0.6 is 0 Å². The summed E-state index contributed by atoms with van der Waals surface area (Å²) in [6.07, 6.45) is -6.38. The van der Waals surface area contributed by atoms with Gasteiger partial charge < -0.3 is 14.8 Å². The predicted octanol–water partition coefficient (Wildman–Crippen LogP) is 5.73.